The second-order valence-corrected chi connectivity index (χ2v) is 6.76. The standard InChI is InChI=1S/C18H16F3N3O2S/c1-2-24-16-9-12(18(19,20)21)6-7-14(16)15(10-22)17(24)11-4-3-5-13(8-11)23-27(25)26/h3,5-9,16,23H,2,4H2,1H3,(H,25,26). The maximum atomic E-state index is 13.1. The van der Waals surface area contributed by atoms with Crippen LogP contribution in [0, 0.1) is 11.3 Å². The van der Waals surface area contributed by atoms with Gasteiger partial charge in [-0.05, 0) is 48.8 Å². The Balaban J connectivity index is 2.12. The molecule has 5 nitrogen and oxygen atoms in total. The SMILES string of the molecule is CCN1C(=C2C=C(NS(=O)O)C=CC2)C(C#N)=C2C=CC(C(F)(F)F)=CC21. The smallest absolute Gasteiger partial charge is 0.360 e. The molecule has 0 saturated heterocycles. The molecule has 0 amide bonds. The molecular formula is C18H16F3N3O2S. The third-order valence-corrected chi connectivity index (χ3v) is 4.91. The van der Waals surface area contributed by atoms with Crippen LogP contribution in [-0.4, -0.2) is 32.4 Å². The number of nitrogens with zero attached hydrogens (tertiary/aromatic N) is 2. The number of allylic oxidation sites excluding steroid dienone is 7. The van der Waals surface area contributed by atoms with Crippen LogP contribution in [0.25, 0.3) is 0 Å². The number of likely N-dealkylation sites (N-methyl/N-ethyl adjacent to an activating group) is 1. The van der Waals surface area contributed by atoms with E-state index in [-0.39, 0.29) is 0 Å². The molecule has 1 heterocycles. The summed E-state index contributed by atoms with van der Waals surface area (Å²) in [4.78, 5) is 1.75. The largest absolute Gasteiger partial charge is 0.416 e. The van der Waals surface area contributed by atoms with E-state index < -0.39 is 29.1 Å². The average Bonchev–Trinajstić information content (AvgIpc) is 2.93. The lowest BCUT2D eigenvalue weighted by Gasteiger charge is -2.29. The Morgan fingerprint density at radius 1 is 1.41 bits per heavy atom. The first-order chi connectivity index (χ1) is 12.8. The average molecular weight is 395 g/mol. The Morgan fingerprint density at radius 3 is 2.74 bits per heavy atom. The summed E-state index contributed by atoms with van der Waals surface area (Å²) in [6, 6.07) is 1.45. The van der Waals surface area contributed by atoms with Crippen molar-refractivity contribution in [1.29, 1.82) is 5.26 Å². The van der Waals surface area contributed by atoms with Gasteiger partial charge in [-0.15, -0.1) is 0 Å². The van der Waals surface area contributed by atoms with Gasteiger partial charge in [-0.3, -0.25) is 9.27 Å². The van der Waals surface area contributed by atoms with Crippen LogP contribution in [0.15, 0.2) is 70.1 Å². The van der Waals surface area contributed by atoms with E-state index in [2.05, 4.69) is 10.8 Å². The summed E-state index contributed by atoms with van der Waals surface area (Å²) in [5.74, 6) is 0. The van der Waals surface area contributed by atoms with Gasteiger partial charge in [-0.25, -0.2) is 4.21 Å². The molecule has 27 heavy (non-hydrogen) atoms. The molecule has 0 radical (unpaired) electrons. The Hall–Kier alpha value is -2.57. The fourth-order valence-corrected chi connectivity index (χ4v) is 3.77. The molecule has 0 fully saturated rings. The maximum absolute atomic E-state index is 13.1. The number of nitriles is 1. The van der Waals surface area contributed by atoms with Gasteiger partial charge in [0.25, 0.3) is 11.3 Å². The summed E-state index contributed by atoms with van der Waals surface area (Å²) in [7, 11) is 0. The highest BCUT2D eigenvalue weighted by Gasteiger charge is 2.40. The number of alkyl halides is 3. The van der Waals surface area contributed by atoms with Crippen LogP contribution in [0.3, 0.4) is 0 Å². The number of fused-ring (bicyclic) bond motifs is 1. The predicted octanol–water partition coefficient (Wildman–Crippen LogP) is 3.39. The Morgan fingerprint density at radius 2 is 2.15 bits per heavy atom. The molecule has 0 spiro atoms. The third kappa shape index (κ3) is 3.63. The summed E-state index contributed by atoms with van der Waals surface area (Å²) in [6.07, 6.45) is 4.51. The Kier molecular flexibility index (Phi) is 5.13. The van der Waals surface area contributed by atoms with E-state index in [1.54, 1.807) is 23.1 Å². The number of nitrogens with one attached hydrogen (secondary N) is 1. The molecule has 2 aliphatic carbocycles. The van der Waals surface area contributed by atoms with E-state index in [4.69, 9.17) is 4.55 Å². The first kappa shape index (κ1) is 19.2. The van der Waals surface area contributed by atoms with Crippen molar-refractivity contribution in [3.05, 3.63) is 70.1 Å². The number of halogens is 3. The quantitative estimate of drug-likeness (QED) is 0.719. The van der Waals surface area contributed by atoms with Gasteiger partial charge in [0, 0.05) is 12.2 Å². The topological polar surface area (TPSA) is 76.4 Å². The zero-order valence-electron chi connectivity index (χ0n) is 14.2. The predicted molar refractivity (Wildman–Crippen MR) is 94.9 cm³/mol. The van der Waals surface area contributed by atoms with Gasteiger partial charge in [-0.1, -0.05) is 12.2 Å². The molecule has 1 aliphatic heterocycles. The molecule has 142 valence electrons. The molecule has 0 aromatic heterocycles. The normalized spacial score (nSPS) is 25.8. The van der Waals surface area contributed by atoms with E-state index in [1.807, 2.05) is 6.92 Å². The molecule has 3 aliphatic rings. The molecule has 9 heteroatoms. The summed E-state index contributed by atoms with van der Waals surface area (Å²) in [5, 5.41) is 9.67. The van der Waals surface area contributed by atoms with Crippen molar-refractivity contribution in [3.63, 3.8) is 0 Å². The number of hydrogen-bond donors (Lipinski definition) is 2. The molecule has 0 bridgehead atoms. The van der Waals surface area contributed by atoms with Crippen LogP contribution in [0.2, 0.25) is 0 Å². The van der Waals surface area contributed by atoms with Gasteiger partial charge >= 0.3 is 6.18 Å². The highest BCUT2D eigenvalue weighted by Crippen LogP contribution is 2.42. The van der Waals surface area contributed by atoms with Crippen LogP contribution in [-0.2, 0) is 11.3 Å². The van der Waals surface area contributed by atoms with Gasteiger partial charge in [0.1, 0.15) is 6.07 Å². The second-order valence-electron chi connectivity index (χ2n) is 6.06. The molecule has 2 N–H and O–H groups in total. The van der Waals surface area contributed by atoms with E-state index in [0.717, 1.165) is 12.2 Å². The molecule has 2 atom stereocenters. The van der Waals surface area contributed by atoms with Gasteiger partial charge in [-0.2, -0.15) is 18.4 Å². The zero-order valence-corrected chi connectivity index (χ0v) is 15.1. The minimum absolute atomic E-state index is 0.321. The fourth-order valence-electron chi connectivity index (χ4n) is 3.45. The van der Waals surface area contributed by atoms with Crippen molar-refractivity contribution in [3.8, 4) is 6.07 Å². The lowest BCUT2D eigenvalue weighted by molar-refractivity contribution is -0.0887. The van der Waals surface area contributed by atoms with E-state index in [0.29, 0.717) is 41.1 Å². The third-order valence-electron chi connectivity index (χ3n) is 4.50. The first-order valence-corrected chi connectivity index (χ1v) is 9.24. The lowest BCUT2D eigenvalue weighted by Crippen LogP contribution is -2.32. The van der Waals surface area contributed by atoms with Crippen molar-refractivity contribution in [1.82, 2.24) is 9.62 Å². The van der Waals surface area contributed by atoms with Crippen molar-refractivity contribution >= 4 is 11.3 Å². The molecular weight excluding hydrogens is 379 g/mol. The van der Waals surface area contributed by atoms with Crippen LogP contribution in [0.4, 0.5) is 13.2 Å². The highest BCUT2D eigenvalue weighted by molar-refractivity contribution is 7.77. The van der Waals surface area contributed by atoms with E-state index in [1.165, 1.54) is 6.08 Å². The monoisotopic (exact) mass is 395 g/mol. The van der Waals surface area contributed by atoms with Crippen LogP contribution < -0.4 is 4.72 Å². The van der Waals surface area contributed by atoms with Gasteiger partial charge < -0.3 is 4.90 Å². The van der Waals surface area contributed by atoms with Crippen molar-refractivity contribution in [2.24, 2.45) is 0 Å². The fraction of sp³-hybridized carbons (Fsp3) is 0.278. The van der Waals surface area contributed by atoms with Gasteiger partial charge in [0.2, 0.25) is 0 Å². The van der Waals surface area contributed by atoms with Crippen molar-refractivity contribution in [2.75, 3.05) is 6.54 Å². The first-order valence-electron chi connectivity index (χ1n) is 8.13. The molecule has 0 aromatic rings. The molecule has 3 rings (SSSR count). The van der Waals surface area contributed by atoms with E-state index in [9.17, 15) is 22.6 Å². The second kappa shape index (κ2) is 7.21. The number of hydrogen-bond acceptors (Lipinski definition) is 3. The molecule has 0 aromatic carbocycles. The molecule has 0 saturated carbocycles. The minimum Gasteiger partial charge on any atom is -0.360 e. The summed E-state index contributed by atoms with van der Waals surface area (Å²) < 4.78 is 61.7. The highest BCUT2D eigenvalue weighted by atomic mass is 32.2. The van der Waals surface area contributed by atoms with Crippen LogP contribution >= 0.6 is 0 Å². The van der Waals surface area contributed by atoms with Crippen LogP contribution in [0.5, 0.6) is 0 Å². The Labute approximate surface area is 156 Å². The van der Waals surface area contributed by atoms with Crippen molar-refractivity contribution < 1.29 is 21.9 Å². The Bertz CT molecular complexity index is 917. The zero-order chi connectivity index (χ0) is 19.8. The maximum Gasteiger partial charge on any atom is 0.416 e. The van der Waals surface area contributed by atoms with Gasteiger partial charge in [0.05, 0.1) is 22.9 Å². The lowest BCUT2D eigenvalue weighted by atomic mass is 9.95. The summed E-state index contributed by atoms with van der Waals surface area (Å²) >= 11 is -2.25. The van der Waals surface area contributed by atoms with E-state index >= 15 is 0 Å². The van der Waals surface area contributed by atoms with Gasteiger partial charge in [0.15, 0.2) is 0 Å². The van der Waals surface area contributed by atoms with Crippen LogP contribution in [0.1, 0.15) is 13.3 Å². The minimum atomic E-state index is -4.46. The molecule has 2 unspecified atom stereocenters. The number of rotatable bonds is 3. The summed E-state index contributed by atoms with van der Waals surface area (Å²) in [6.45, 7) is 2.21. The summed E-state index contributed by atoms with van der Waals surface area (Å²) in [5.41, 5.74) is 1.74. The van der Waals surface area contributed by atoms with Crippen molar-refractivity contribution in [2.45, 2.75) is 25.6 Å².